The molecule has 0 bridgehead atoms. The van der Waals surface area contributed by atoms with Crippen LogP contribution in [0.25, 0.3) is 0 Å². The van der Waals surface area contributed by atoms with E-state index >= 15 is 0 Å². The lowest BCUT2D eigenvalue weighted by Gasteiger charge is -2.16. The summed E-state index contributed by atoms with van der Waals surface area (Å²) in [6, 6.07) is 5.88. The molecule has 4 heteroatoms. The number of nitrogens with one attached hydrogen (secondary N) is 2. The summed E-state index contributed by atoms with van der Waals surface area (Å²) in [5.74, 6) is -0.304. The van der Waals surface area contributed by atoms with E-state index in [1.165, 1.54) is 0 Å². The van der Waals surface area contributed by atoms with Crippen molar-refractivity contribution in [2.24, 2.45) is 5.41 Å². The van der Waals surface area contributed by atoms with Gasteiger partial charge in [-0.3, -0.25) is 9.59 Å². The summed E-state index contributed by atoms with van der Waals surface area (Å²) >= 11 is 0. The summed E-state index contributed by atoms with van der Waals surface area (Å²) in [6.45, 7) is 6.70. The highest BCUT2D eigenvalue weighted by Gasteiger charge is 2.56. The van der Waals surface area contributed by atoms with Crippen LogP contribution in [0.1, 0.15) is 43.7 Å². The van der Waals surface area contributed by atoms with Gasteiger partial charge in [0.05, 0.1) is 0 Å². The monoisotopic (exact) mass is 288 g/mol. The molecule has 2 rings (SSSR count). The molecule has 1 aromatic carbocycles. The lowest BCUT2D eigenvalue weighted by molar-refractivity contribution is -0.134. The zero-order valence-corrected chi connectivity index (χ0v) is 13.1. The van der Waals surface area contributed by atoms with Crippen molar-refractivity contribution >= 4 is 17.5 Å². The molecular weight excluding hydrogens is 264 g/mol. The minimum Gasteiger partial charge on any atom is -0.355 e. The van der Waals surface area contributed by atoms with Gasteiger partial charge in [0.1, 0.15) is 5.41 Å². The first kappa shape index (κ1) is 15.5. The van der Waals surface area contributed by atoms with E-state index in [0.29, 0.717) is 19.4 Å². The predicted molar refractivity (Wildman–Crippen MR) is 84.1 cm³/mol. The molecule has 0 atom stereocenters. The van der Waals surface area contributed by atoms with Crippen LogP contribution in [0, 0.1) is 19.3 Å². The Morgan fingerprint density at radius 2 is 1.90 bits per heavy atom. The van der Waals surface area contributed by atoms with E-state index < -0.39 is 5.41 Å². The Hall–Kier alpha value is -1.84. The molecule has 0 spiro atoms. The van der Waals surface area contributed by atoms with Gasteiger partial charge in [0.2, 0.25) is 11.8 Å². The third kappa shape index (κ3) is 3.43. The van der Waals surface area contributed by atoms with Crippen LogP contribution in [0.5, 0.6) is 0 Å². The molecular formula is C17H24N2O2. The van der Waals surface area contributed by atoms with Crippen LogP contribution < -0.4 is 10.6 Å². The van der Waals surface area contributed by atoms with E-state index in [2.05, 4.69) is 17.6 Å². The number of benzene rings is 1. The lowest BCUT2D eigenvalue weighted by Crippen LogP contribution is -2.40. The number of aryl methyl sites for hydroxylation is 2. The lowest BCUT2D eigenvalue weighted by atomic mass is 10.0. The van der Waals surface area contributed by atoms with Gasteiger partial charge in [-0.2, -0.15) is 0 Å². The molecule has 1 fully saturated rings. The molecule has 0 aliphatic heterocycles. The van der Waals surface area contributed by atoms with Crippen molar-refractivity contribution in [2.45, 2.75) is 46.5 Å². The van der Waals surface area contributed by atoms with Crippen molar-refractivity contribution < 1.29 is 9.59 Å². The van der Waals surface area contributed by atoms with Gasteiger partial charge in [-0.1, -0.05) is 31.0 Å². The first-order valence-electron chi connectivity index (χ1n) is 7.66. The molecule has 0 unspecified atom stereocenters. The van der Waals surface area contributed by atoms with Gasteiger partial charge in [0.15, 0.2) is 0 Å². The fourth-order valence-corrected chi connectivity index (χ4v) is 2.43. The molecule has 0 aromatic heterocycles. The number of hydrogen-bond acceptors (Lipinski definition) is 2. The summed E-state index contributed by atoms with van der Waals surface area (Å²) in [7, 11) is 0. The third-order valence-electron chi connectivity index (χ3n) is 4.07. The Labute approximate surface area is 126 Å². The Kier molecular flexibility index (Phi) is 4.66. The minimum atomic E-state index is -0.842. The highest BCUT2D eigenvalue weighted by molar-refractivity contribution is 6.13. The van der Waals surface area contributed by atoms with Crippen LogP contribution in [-0.4, -0.2) is 18.4 Å². The minimum absolute atomic E-state index is 0.127. The molecule has 1 aromatic rings. The Bertz CT molecular complexity index is 548. The van der Waals surface area contributed by atoms with Gasteiger partial charge in [0, 0.05) is 12.2 Å². The molecule has 0 saturated heterocycles. The molecule has 2 amide bonds. The second-order valence-corrected chi connectivity index (χ2v) is 5.96. The highest BCUT2D eigenvalue weighted by atomic mass is 16.2. The van der Waals surface area contributed by atoms with Gasteiger partial charge in [-0.25, -0.2) is 0 Å². The Morgan fingerprint density at radius 1 is 1.19 bits per heavy atom. The smallest absolute Gasteiger partial charge is 0.240 e. The first-order chi connectivity index (χ1) is 9.99. The number of amides is 2. The normalized spacial score (nSPS) is 15.4. The standard InChI is InChI=1S/C17H24N2O2/c1-4-5-10-18-15(20)17(8-9-17)16(21)19-14-7-6-12(2)11-13(14)3/h6-7,11H,4-5,8-10H2,1-3H3,(H,18,20)(H,19,21). The van der Waals surface area contributed by atoms with Crippen molar-refractivity contribution in [3.63, 3.8) is 0 Å². The number of carbonyl (C=O) groups is 2. The Morgan fingerprint density at radius 3 is 2.48 bits per heavy atom. The van der Waals surface area contributed by atoms with E-state index in [-0.39, 0.29) is 11.8 Å². The van der Waals surface area contributed by atoms with Gasteiger partial charge in [-0.15, -0.1) is 0 Å². The summed E-state index contributed by atoms with van der Waals surface area (Å²) < 4.78 is 0. The van der Waals surface area contributed by atoms with Crippen LogP contribution in [0.2, 0.25) is 0 Å². The summed E-state index contributed by atoms with van der Waals surface area (Å²) in [6.07, 6.45) is 3.26. The number of anilines is 1. The third-order valence-corrected chi connectivity index (χ3v) is 4.07. The summed E-state index contributed by atoms with van der Waals surface area (Å²) in [4.78, 5) is 24.6. The quantitative estimate of drug-likeness (QED) is 0.624. The number of carbonyl (C=O) groups excluding carboxylic acids is 2. The van der Waals surface area contributed by atoms with E-state index in [9.17, 15) is 9.59 Å². The zero-order chi connectivity index (χ0) is 15.5. The molecule has 4 nitrogen and oxygen atoms in total. The topological polar surface area (TPSA) is 58.2 Å². The molecule has 0 heterocycles. The maximum Gasteiger partial charge on any atom is 0.240 e. The van der Waals surface area contributed by atoms with Crippen LogP contribution >= 0.6 is 0 Å². The Balaban J connectivity index is 2.00. The van der Waals surface area contributed by atoms with Gasteiger partial charge >= 0.3 is 0 Å². The largest absolute Gasteiger partial charge is 0.355 e. The van der Waals surface area contributed by atoms with Crippen molar-refractivity contribution in [1.82, 2.24) is 5.32 Å². The SMILES string of the molecule is CCCCNC(=O)C1(C(=O)Nc2ccc(C)cc2C)CC1. The second-order valence-electron chi connectivity index (χ2n) is 5.96. The van der Waals surface area contributed by atoms with Crippen molar-refractivity contribution in [3.8, 4) is 0 Å². The van der Waals surface area contributed by atoms with E-state index in [4.69, 9.17) is 0 Å². The van der Waals surface area contributed by atoms with Crippen molar-refractivity contribution in [2.75, 3.05) is 11.9 Å². The molecule has 1 aliphatic carbocycles. The van der Waals surface area contributed by atoms with E-state index in [1.54, 1.807) is 0 Å². The van der Waals surface area contributed by atoms with Crippen LogP contribution in [0.15, 0.2) is 18.2 Å². The predicted octanol–water partition coefficient (Wildman–Crippen LogP) is 2.94. The fourth-order valence-electron chi connectivity index (χ4n) is 2.43. The van der Waals surface area contributed by atoms with E-state index in [1.807, 2.05) is 32.0 Å². The van der Waals surface area contributed by atoms with Crippen LogP contribution in [-0.2, 0) is 9.59 Å². The second kappa shape index (κ2) is 6.29. The number of hydrogen-bond donors (Lipinski definition) is 2. The average Bonchev–Trinajstić information content (AvgIpc) is 3.23. The van der Waals surface area contributed by atoms with Gasteiger partial charge in [-0.05, 0) is 44.7 Å². The van der Waals surface area contributed by atoms with Crippen LogP contribution in [0.4, 0.5) is 5.69 Å². The number of rotatable bonds is 6. The fraction of sp³-hybridized carbons (Fsp3) is 0.529. The first-order valence-corrected chi connectivity index (χ1v) is 7.66. The maximum absolute atomic E-state index is 12.4. The summed E-state index contributed by atoms with van der Waals surface area (Å²) in [5.41, 5.74) is 2.12. The molecule has 2 N–H and O–H groups in total. The highest BCUT2D eigenvalue weighted by Crippen LogP contribution is 2.47. The average molecular weight is 288 g/mol. The van der Waals surface area contributed by atoms with Crippen molar-refractivity contribution in [1.29, 1.82) is 0 Å². The van der Waals surface area contributed by atoms with Crippen LogP contribution in [0.3, 0.4) is 0 Å². The van der Waals surface area contributed by atoms with Gasteiger partial charge in [0.25, 0.3) is 0 Å². The maximum atomic E-state index is 12.4. The summed E-state index contributed by atoms with van der Waals surface area (Å²) in [5, 5.41) is 5.79. The molecule has 1 saturated carbocycles. The molecule has 1 aliphatic rings. The van der Waals surface area contributed by atoms with Gasteiger partial charge < -0.3 is 10.6 Å². The molecule has 114 valence electrons. The van der Waals surface area contributed by atoms with E-state index in [0.717, 1.165) is 29.7 Å². The van der Waals surface area contributed by atoms with Crippen molar-refractivity contribution in [3.05, 3.63) is 29.3 Å². The number of unbranched alkanes of at least 4 members (excludes halogenated alkanes) is 1. The molecule has 0 radical (unpaired) electrons. The zero-order valence-electron chi connectivity index (χ0n) is 13.1. The molecule has 21 heavy (non-hydrogen) atoms.